The summed E-state index contributed by atoms with van der Waals surface area (Å²) in [5.41, 5.74) is 4.05. The smallest absolute Gasteiger partial charge is 0.262 e. The summed E-state index contributed by atoms with van der Waals surface area (Å²) in [4.78, 5) is 50.8. The van der Waals surface area contributed by atoms with Crippen LogP contribution in [0.5, 0.6) is 0 Å². The van der Waals surface area contributed by atoms with Crippen LogP contribution in [0.4, 0.5) is 0 Å². The highest BCUT2D eigenvalue weighted by molar-refractivity contribution is 6.24. The summed E-state index contributed by atoms with van der Waals surface area (Å²) in [6.07, 6.45) is 1.19. The summed E-state index contributed by atoms with van der Waals surface area (Å²) in [7, 11) is 0. The van der Waals surface area contributed by atoms with E-state index in [1.807, 2.05) is 12.1 Å². The van der Waals surface area contributed by atoms with Crippen molar-refractivity contribution in [2.75, 3.05) is 6.54 Å². The van der Waals surface area contributed by atoms with Gasteiger partial charge in [0, 0.05) is 32.1 Å². The van der Waals surface area contributed by atoms with Crippen molar-refractivity contribution in [2.45, 2.75) is 44.4 Å². The Hall–Kier alpha value is -3.36. The van der Waals surface area contributed by atoms with Crippen LogP contribution in [0.15, 0.2) is 42.5 Å². The number of fused-ring (bicyclic) bond motifs is 2. The highest BCUT2D eigenvalue weighted by Crippen LogP contribution is 2.30. The minimum atomic E-state index is -0.951. The number of imide groups is 2. The van der Waals surface area contributed by atoms with E-state index in [-0.39, 0.29) is 24.8 Å². The first kappa shape index (κ1) is 20.5. The van der Waals surface area contributed by atoms with Gasteiger partial charge in [-0.1, -0.05) is 36.4 Å². The predicted molar refractivity (Wildman–Crippen MR) is 116 cm³/mol. The fourth-order valence-electron chi connectivity index (χ4n) is 4.78. The SMILES string of the molecule is O=C1CCC(N2C(=O)c3cccc(CNCC4Cc5ccccc5CN4)c3C2=O)C(=O)N1. The molecule has 2 unspecified atom stereocenters. The van der Waals surface area contributed by atoms with Crippen LogP contribution in [0.25, 0.3) is 0 Å². The van der Waals surface area contributed by atoms with Crippen LogP contribution in [0.2, 0.25) is 0 Å². The van der Waals surface area contributed by atoms with Crippen LogP contribution in [-0.2, 0) is 29.1 Å². The Labute approximate surface area is 185 Å². The van der Waals surface area contributed by atoms with E-state index in [0.717, 1.165) is 30.0 Å². The minimum Gasteiger partial charge on any atom is -0.311 e. The van der Waals surface area contributed by atoms with E-state index in [4.69, 9.17) is 0 Å². The summed E-state index contributed by atoms with van der Waals surface area (Å²) < 4.78 is 0. The highest BCUT2D eigenvalue weighted by atomic mass is 16.2. The first-order chi connectivity index (χ1) is 15.5. The molecule has 1 saturated heterocycles. The van der Waals surface area contributed by atoms with Crippen LogP contribution in [0, 0.1) is 0 Å². The van der Waals surface area contributed by atoms with E-state index in [9.17, 15) is 19.2 Å². The number of carbonyl (C=O) groups is 4. The maximum absolute atomic E-state index is 13.2. The lowest BCUT2D eigenvalue weighted by atomic mass is 9.96. The zero-order valence-corrected chi connectivity index (χ0v) is 17.5. The average Bonchev–Trinajstić information content (AvgIpc) is 3.05. The van der Waals surface area contributed by atoms with Crippen molar-refractivity contribution in [1.29, 1.82) is 0 Å². The third-order valence-electron chi connectivity index (χ3n) is 6.43. The molecular weight excluding hydrogens is 408 g/mol. The van der Waals surface area contributed by atoms with Gasteiger partial charge in [0.15, 0.2) is 0 Å². The van der Waals surface area contributed by atoms with Crippen molar-refractivity contribution < 1.29 is 19.2 Å². The topological polar surface area (TPSA) is 108 Å². The van der Waals surface area contributed by atoms with Crippen LogP contribution in [0.1, 0.15) is 50.2 Å². The van der Waals surface area contributed by atoms with Crippen molar-refractivity contribution in [3.63, 3.8) is 0 Å². The van der Waals surface area contributed by atoms with E-state index in [1.165, 1.54) is 11.1 Å². The Balaban J connectivity index is 1.27. The molecule has 3 aliphatic heterocycles. The third kappa shape index (κ3) is 3.61. The Morgan fingerprint density at radius 2 is 1.78 bits per heavy atom. The molecule has 0 radical (unpaired) electrons. The van der Waals surface area contributed by atoms with Crippen molar-refractivity contribution in [3.8, 4) is 0 Å². The lowest BCUT2D eigenvalue weighted by Gasteiger charge is -2.28. The molecule has 1 fully saturated rings. The van der Waals surface area contributed by atoms with Crippen molar-refractivity contribution >= 4 is 23.6 Å². The quantitative estimate of drug-likeness (QED) is 0.606. The molecular formula is C24H24N4O4. The molecule has 0 saturated carbocycles. The van der Waals surface area contributed by atoms with Crippen molar-refractivity contribution in [3.05, 3.63) is 70.3 Å². The molecule has 3 N–H and O–H groups in total. The predicted octanol–water partition coefficient (Wildman–Crippen LogP) is 0.892. The van der Waals surface area contributed by atoms with Gasteiger partial charge in [-0.3, -0.25) is 29.4 Å². The standard InChI is InChI=1S/C24H24N4O4/c29-20-9-8-19(22(30)27-20)28-23(31)18-7-3-6-16(21(18)24(28)32)11-25-13-17-10-14-4-1-2-5-15(14)12-26-17/h1-7,17,19,25-26H,8-13H2,(H,27,29,30). The fourth-order valence-corrected chi connectivity index (χ4v) is 4.78. The maximum Gasteiger partial charge on any atom is 0.262 e. The number of piperidine rings is 1. The van der Waals surface area contributed by atoms with Crippen LogP contribution < -0.4 is 16.0 Å². The molecule has 8 heteroatoms. The number of carbonyl (C=O) groups excluding carboxylic acids is 4. The first-order valence-electron chi connectivity index (χ1n) is 10.9. The summed E-state index contributed by atoms with van der Waals surface area (Å²) in [6, 6.07) is 12.9. The zero-order chi connectivity index (χ0) is 22.2. The Bertz CT molecular complexity index is 1130. The number of hydrogen-bond acceptors (Lipinski definition) is 6. The van der Waals surface area contributed by atoms with Crippen LogP contribution in [-0.4, -0.2) is 47.2 Å². The maximum atomic E-state index is 13.2. The number of benzene rings is 2. The molecule has 2 aromatic carbocycles. The molecule has 0 bridgehead atoms. The molecule has 2 aromatic rings. The number of rotatable bonds is 5. The van der Waals surface area contributed by atoms with Gasteiger partial charge in [-0.15, -0.1) is 0 Å². The number of hydrogen-bond donors (Lipinski definition) is 3. The van der Waals surface area contributed by atoms with Gasteiger partial charge in [-0.05, 0) is 35.6 Å². The van der Waals surface area contributed by atoms with Crippen LogP contribution in [0.3, 0.4) is 0 Å². The number of nitrogens with zero attached hydrogens (tertiary/aromatic N) is 1. The molecule has 5 rings (SSSR count). The average molecular weight is 432 g/mol. The van der Waals surface area contributed by atoms with Gasteiger partial charge in [-0.25, -0.2) is 0 Å². The second-order valence-corrected chi connectivity index (χ2v) is 8.47. The Morgan fingerprint density at radius 1 is 0.969 bits per heavy atom. The van der Waals surface area contributed by atoms with Gasteiger partial charge in [0.2, 0.25) is 11.8 Å². The Morgan fingerprint density at radius 3 is 2.59 bits per heavy atom. The van der Waals surface area contributed by atoms with Gasteiger partial charge in [0.25, 0.3) is 11.8 Å². The van der Waals surface area contributed by atoms with Gasteiger partial charge in [0.1, 0.15) is 6.04 Å². The molecule has 164 valence electrons. The minimum absolute atomic E-state index is 0.107. The molecule has 32 heavy (non-hydrogen) atoms. The summed E-state index contributed by atoms with van der Waals surface area (Å²) in [5.74, 6) is -1.93. The van der Waals surface area contributed by atoms with E-state index >= 15 is 0 Å². The zero-order valence-electron chi connectivity index (χ0n) is 17.5. The molecule has 4 amide bonds. The summed E-state index contributed by atoms with van der Waals surface area (Å²) in [5, 5.41) is 9.16. The largest absolute Gasteiger partial charge is 0.311 e. The van der Waals surface area contributed by atoms with Crippen LogP contribution >= 0.6 is 0 Å². The summed E-state index contributed by atoms with van der Waals surface area (Å²) >= 11 is 0. The molecule has 0 spiro atoms. The molecule has 0 aliphatic carbocycles. The molecule has 8 nitrogen and oxygen atoms in total. The summed E-state index contributed by atoms with van der Waals surface area (Å²) in [6.45, 7) is 1.99. The molecule has 3 heterocycles. The van der Waals surface area contributed by atoms with Crippen molar-refractivity contribution in [1.82, 2.24) is 20.9 Å². The van der Waals surface area contributed by atoms with E-state index in [0.29, 0.717) is 17.7 Å². The van der Waals surface area contributed by atoms with E-state index in [1.54, 1.807) is 12.1 Å². The van der Waals surface area contributed by atoms with E-state index in [2.05, 4.69) is 34.1 Å². The number of amides is 4. The lowest BCUT2D eigenvalue weighted by Crippen LogP contribution is -2.54. The second-order valence-electron chi connectivity index (χ2n) is 8.47. The first-order valence-corrected chi connectivity index (χ1v) is 10.9. The Kier molecular flexibility index (Phi) is 5.32. The fraction of sp³-hybridized carbons (Fsp3) is 0.333. The normalized spacial score (nSPS) is 22.6. The highest BCUT2D eigenvalue weighted by Gasteiger charge is 2.45. The second kappa shape index (κ2) is 8.29. The van der Waals surface area contributed by atoms with Gasteiger partial charge in [0.05, 0.1) is 11.1 Å². The van der Waals surface area contributed by atoms with Crippen molar-refractivity contribution in [2.24, 2.45) is 0 Å². The van der Waals surface area contributed by atoms with E-state index < -0.39 is 23.8 Å². The third-order valence-corrected chi connectivity index (χ3v) is 6.43. The van der Waals surface area contributed by atoms with Gasteiger partial charge >= 0.3 is 0 Å². The lowest BCUT2D eigenvalue weighted by molar-refractivity contribution is -0.136. The monoisotopic (exact) mass is 432 g/mol. The molecule has 0 aromatic heterocycles. The molecule has 2 atom stereocenters. The van der Waals surface area contributed by atoms with Gasteiger partial charge in [-0.2, -0.15) is 0 Å². The number of nitrogens with one attached hydrogen (secondary N) is 3. The van der Waals surface area contributed by atoms with Gasteiger partial charge < -0.3 is 10.6 Å². The molecule has 3 aliphatic rings.